The molecule has 0 aliphatic carbocycles. The lowest BCUT2D eigenvalue weighted by Gasteiger charge is -2.02. The van der Waals surface area contributed by atoms with Crippen LogP contribution in [0.4, 0.5) is 0 Å². The zero-order valence-corrected chi connectivity index (χ0v) is 10.4. The number of rotatable bonds is 3. The van der Waals surface area contributed by atoms with Gasteiger partial charge in [0, 0.05) is 19.4 Å². The van der Waals surface area contributed by atoms with E-state index < -0.39 is 0 Å². The van der Waals surface area contributed by atoms with Crippen molar-refractivity contribution in [2.45, 2.75) is 19.9 Å². The van der Waals surface area contributed by atoms with E-state index in [1.165, 1.54) is 0 Å². The fourth-order valence-electron chi connectivity index (χ4n) is 1.54. The Morgan fingerprint density at radius 2 is 2.27 bits per heavy atom. The summed E-state index contributed by atoms with van der Waals surface area (Å²) >= 11 is 3.58. The van der Waals surface area contributed by atoms with Gasteiger partial charge in [-0.1, -0.05) is 6.92 Å². The first-order valence-electron chi connectivity index (χ1n) is 4.90. The van der Waals surface area contributed by atoms with Crippen LogP contribution in [-0.4, -0.2) is 19.6 Å². The van der Waals surface area contributed by atoms with Crippen LogP contribution in [0, 0.1) is 0 Å². The largest absolute Gasteiger partial charge is 0.269 e. The van der Waals surface area contributed by atoms with Crippen LogP contribution in [0.2, 0.25) is 0 Å². The predicted octanol–water partition coefficient (Wildman–Crippen LogP) is 1.99. The second kappa shape index (κ2) is 4.18. The average Bonchev–Trinajstić information content (AvgIpc) is 2.81. The molecule has 0 aromatic carbocycles. The van der Waals surface area contributed by atoms with E-state index in [2.05, 4.69) is 33.1 Å². The lowest BCUT2D eigenvalue weighted by molar-refractivity contribution is 0.616. The van der Waals surface area contributed by atoms with Crippen molar-refractivity contribution in [2.24, 2.45) is 7.05 Å². The summed E-state index contributed by atoms with van der Waals surface area (Å²) in [5.41, 5.74) is 2.25. The van der Waals surface area contributed by atoms with Crippen LogP contribution in [0.15, 0.2) is 22.9 Å². The van der Waals surface area contributed by atoms with Crippen molar-refractivity contribution in [3.05, 3.63) is 34.3 Å². The van der Waals surface area contributed by atoms with Gasteiger partial charge in [-0.05, 0) is 28.4 Å². The Hall–Kier alpha value is -1.10. The molecule has 0 saturated heterocycles. The molecule has 0 unspecified atom stereocenters. The maximum atomic E-state index is 4.44. The van der Waals surface area contributed by atoms with Gasteiger partial charge in [-0.3, -0.25) is 9.36 Å². The minimum atomic E-state index is 0.747. The highest BCUT2D eigenvalue weighted by atomic mass is 79.9. The molecule has 15 heavy (non-hydrogen) atoms. The molecular formula is C10H13BrN4. The fourth-order valence-corrected chi connectivity index (χ4v) is 2.28. The molecule has 0 atom stereocenters. The summed E-state index contributed by atoms with van der Waals surface area (Å²) in [6.45, 7) is 2.85. The summed E-state index contributed by atoms with van der Waals surface area (Å²) < 4.78 is 4.90. The van der Waals surface area contributed by atoms with Crippen molar-refractivity contribution in [3.63, 3.8) is 0 Å². The maximum Gasteiger partial charge on any atom is 0.0839 e. The SMILES string of the molecule is CCc1nn(C)c(Cn2cccn2)c1Br. The van der Waals surface area contributed by atoms with Gasteiger partial charge in [0.1, 0.15) is 0 Å². The second-order valence-corrected chi connectivity index (χ2v) is 4.18. The van der Waals surface area contributed by atoms with E-state index in [-0.39, 0.29) is 0 Å². The zero-order valence-electron chi connectivity index (χ0n) is 8.81. The molecule has 0 bridgehead atoms. The van der Waals surface area contributed by atoms with E-state index >= 15 is 0 Å². The van der Waals surface area contributed by atoms with Crippen molar-refractivity contribution in [1.82, 2.24) is 19.6 Å². The number of aryl methyl sites for hydroxylation is 2. The number of hydrogen-bond donors (Lipinski definition) is 0. The molecule has 0 fully saturated rings. The van der Waals surface area contributed by atoms with Gasteiger partial charge in [0.25, 0.3) is 0 Å². The Kier molecular flexibility index (Phi) is 2.90. The molecule has 2 aromatic rings. The Morgan fingerprint density at radius 1 is 1.47 bits per heavy atom. The van der Waals surface area contributed by atoms with E-state index in [1.54, 1.807) is 6.20 Å². The summed E-state index contributed by atoms with van der Waals surface area (Å²) in [6.07, 6.45) is 4.67. The molecule has 2 rings (SSSR count). The Morgan fingerprint density at radius 3 is 2.80 bits per heavy atom. The molecule has 80 valence electrons. The average molecular weight is 269 g/mol. The van der Waals surface area contributed by atoms with Gasteiger partial charge in [-0.25, -0.2) is 0 Å². The highest BCUT2D eigenvalue weighted by Crippen LogP contribution is 2.21. The third kappa shape index (κ3) is 1.97. The maximum absolute atomic E-state index is 4.44. The minimum absolute atomic E-state index is 0.747. The fraction of sp³-hybridized carbons (Fsp3) is 0.400. The molecule has 0 aliphatic heterocycles. The van der Waals surface area contributed by atoms with Gasteiger partial charge in [0.2, 0.25) is 0 Å². The highest BCUT2D eigenvalue weighted by Gasteiger charge is 2.12. The minimum Gasteiger partial charge on any atom is -0.269 e. The molecule has 5 heteroatoms. The Bertz CT molecular complexity index is 444. The first-order chi connectivity index (χ1) is 7.22. The molecule has 2 aromatic heterocycles. The third-order valence-electron chi connectivity index (χ3n) is 2.37. The molecule has 0 spiro atoms. The summed E-state index contributed by atoms with van der Waals surface area (Å²) in [7, 11) is 1.96. The van der Waals surface area contributed by atoms with Gasteiger partial charge in [0.05, 0.1) is 22.4 Å². The standard InChI is InChI=1S/C10H13BrN4/c1-3-8-10(11)9(14(2)13-8)7-15-6-4-5-12-15/h4-6H,3,7H2,1-2H3. The van der Waals surface area contributed by atoms with Crippen molar-refractivity contribution in [1.29, 1.82) is 0 Å². The number of halogens is 1. The lowest BCUT2D eigenvalue weighted by Crippen LogP contribution is -2.06. The van der Waals surface area contributed by atoms with E-state index in [9.17, 15) is 0 Å². The van der Waals surface area contributed by atoms with Crippen LogP contribution in [0.5, 0.6) is 0 Å². The van der Waals surface area contributed by atoms with Gasteiger partial charge >= 0.3 is 0 Å². The molecule has 0 aliphatic rings. The van der Waals surface area contributed by atoms with Gasteiger partial charge in [-0.2, -0.15) is 10.2 Å². The van der Waals surface area contributed by atoms with Crippen LogP contribution < -0.4 is 0 Å². The molecule has 4 nitrogen and oxygen atoms in total. The lowest BCUT2D eigenvalue weighted by atomic mass is 10.3. The zero-order chi connectivity index (χ0) is 10.8. The summed E-state index contributed by atoms with van der Waals surface area (Å²) in [4.78, 5) is 0. The van der Waals surface area contributed by atoms with Gasteiger partial charge in [-0.15, -0.1) is 0 Å². The molecular weight excluding hydrogens is 256 g/mol. The molecule has 0 N–H and O–H groups in total. The van der Waals surface area contributed by atoms with Gasteiger partial charge < -0.3 is 0 Å². The first kappa shape index (κ1) is 10.4. The quantitative estimate of drug-likeness (QED) is 0.854. The molecule has 2 heterocycles. The smallest absolute Gasteiger partial charge is 0.0839 e. The van der Waals surface area contributed by atoms with Crippen LogP contribution >= 0.6 is 15.9 Å². The normalized spacial score (nSPS) is 10.9. The van der Waals surface area contributed by atoms with E-state index in [1.807, 2.05) is 28.7 Å². The Balaban J connectivity index is 2.32. The highest BCUT2D eigenvalue weighted by molar-refractivity contribution is 9.10. The van der Waals surface area contributed by atoms with Crippen LogP contribution in [0.25, 0.3) is 0 Å². The van der Waals surface area contributed by atoms with E-state index in [0.717, 1.165) is 28.8 Å². The predicted molar refractivity (Wildman–Crippen MR) is 61.6 cm³/mol. The Labute approximate surface area is 97.0 Å². The monoisotopic (exact) mass is 268 g/mol. The van der Waals surface area contributed by atoms with Crippen molar-refractivity contribution in [2.75, 3.05) is 0 Å². The number of hydrogen-bond acceptors (Lipinski definition) is 2. The number of nitrogens with zero attached hydrogens (tertiary/aromatic N) is 4. The summed E-state index contributed by atoms with van der Waals surface area (Å²) in [5, 5.41) is 8.62. The topological polar surface area (TPSA) is 35.6 Å². The van der Waals surface area contributed by atoms with Crippen LogP contribution in [0.3, 0.4) is 0 Å². The van der Waals surface area contributed by atoms with E-state index in [0.29, 0.717) is 0 Å². The summed E-state index contributed by atoms with van der Waals surface area (Å²) in [6, 6.07) is 1.92. The number of aromatic nitrogens is 4. The second-order valence-electron chi connectivity index (χ2n) is 3.39. The van der Waals surface area contributed by atoms with Crippen LogP contribution in [-0.2, 0) is 20.0 Å². The van der Waals surface area contributed by atoms with Crippen LogP contribution in [0.1, 0.15) is 18.3 Å². The molecule has 0 saturated carbocycles. The summed E-state index contributed by atoms with van der Waals surface area (Å²) in [5.74, 6) is 0. The van der Waals surface area contributed by atoms with E-state index in [4.69, 9.17) is 0 Å². The van der Waals surface area contributed by atoms with Crippen molar-refractivity contribution in [3.8, 4) is 0 Å². The van der Waals surface area contributed by atoms with Crippen molar-refractivity contribution >= 4 is 15.9 Å². The van der Waals surface area contributed by atoms with Gasteiger partial charge in [0.15, 0.2) is 0 Å². The third-order valence-corrected chi connectivity index (χ3v) is 3.29. The molecule has 0 radical (unpaired) electrons. The molecule has 0 amide bonds. The first-order valence-corrected chi connectivity index (χ1v) is 5.69. The van der Waals surface area contributed by atoms with Crippen molar-refractivity contribution < 1.29 is 0 Å².